The molecule has 150 valence electrons. The molecule has 1 saturated heterocycles. The maximum absolute atomic E-state index is 10.8. The van der Waals surface area contributed by atoms with Crippen LogP contribution in [0.1, 0.15) is 12.8 Å². The topological polar surface area (TPSA) is 109 Å². The zero-order valence-electron chi connectivity index (χ0n) is 15.8. The lowest BCUT2D eigenvalue weighted by molar-refractivity contribution is -0.384. The van der Waals surface area contributed by atoms with Crippen molar-refractivity contribution in [1.82, 2.24) is 15.3 Å². The van der Waals surface area contributed by atoms with Gasteiger partial charge in [0.15, 0.2) is 11.5 Å². The van der Waals surface area contributed by atoms with Gasteiger partial charge in [0.25, 0.3) is 5.69 Å². The fourth-order valence-corrected chi connectivity index (χ4v) is 3.21. The van der Waals surface area contributed by atoms with E-state index >= 15 is 0 Å². The summed E-state index contributed by atoms with van der Waals surface area (Å²) in [5.41, 5.74) is 0.646. The minimum absolute atomic E-state index is 0.00809. The van der Waals surface area contributed by atoms with Crippen LogP contribution in [0, 0.1) is 10.1 Å². The third-order valence-electron chi connectivity index (χ3n) is 4.73. The molecule has 9 nitrogen and oxygen atoms in total. The molecule has 0 bridgehead atoms. The number of nitro groups is 1. The lowest BCUT2D eigenvalue weighted by Crippen LogP contribution is -2.34. The van der Waals surface area contributed by atoms with Gasteiger partial charge in [-0.25, -0.2) is 9.97 Å². The van der Waals surface area contributed by atoms with E-state index in [1.165, 1.54) is 30.6 Å². The maximum Gasteiger partial charge on any atom is 0.269 e. The first kappa shape index (κ1) is 18.9. The van der Waals surface area contributed by atoms with Crippen LogP contribution in [0.4, 0.5) is 5.69 Å². The van der Waals surface area contributed by atoms with Crippen molar-refractivity contribution in [1.29, 1.82) is 0 Å². The quantitative estimate of drug-likeness (QED) is 0.498. The Bertz CT molecular complexity index is 1020. The molecule has 1 aliphatic heterocycles. The van der Waals surface area contributed by atoms with Gasteiger partial charge in [0, 0.05) is 18.2 Å². The third kappa shape index (κ3) is 4.19. The Morgan fingerprint density at radius 3 is 2.55 bits per heavy atom. The first-order valence-corrected chi connectivity index (χ1v) is 9.26. The van der Waals surface area contributed by atoms with Crippen molar-refractivity contribution in [3.05, 3.63) is 52.8 Å². The number of non-ortho nitro benzene ring substituents is 1. The number of ether oxygens (including phenoxy) is 3. The third-order valence-corrected chi connectivity index (χ3v) is 4.73. The number of piperidine rings is 1. The number of hydrogen-bond acceptors (Lipinski definition) is 8. The largest absolute Gasteiger partial charge is 0.493 e. The van der Waals surface area contributed by atoms with Gasteiger partial charge in [-0.2, -0.15) is 0 Å². The molecule has 9 heteroatoms. The van der Waals surface area contributed by atoms with Crippen LogP contribution in [0.2, 0.25) is 0 Å². The van der Waals surface area contributed by atoms with E-state index in [0.717, 1.165) is 25.9 Å². The zero-order valence-corrected chi connectivity index (χ0v) is 15.8. The molecule has 1 N–H and O–H groups in total. The molecule has 4 rings (SSSR count). The Morgan fingerprint density at radius 2 is 1.86 bits per heavy atom. The lowest BCUT2D eigenvalue weighted by atomic mass is 10.1. The van der Waals surface area contributed by atoms with E-state index in [2.05, 4.69) is 15.3 Å². The van der Waals surface area contributed by atoms with Crippen LogP contribution in [-0.2, 0) is 0 Å². The monoisotopic (exact) mass is 396 g/mol. The molecule has 0 atom stereocenters. The number of fused-ring (bicyclic) bond motifs is 1. The van der Waals surface area contributed by atoms with E-state index in [1.807, 2.05) is 6.07 Å². The number of nitrogens with zero attached hydrogens (tertiary/aromatic N) is 3. The summed E-state index contributed by atoms with van der Waals surface area (Å²) >= 11 is 0. The smallest absolute Gasteiger partial charge is 0.269 e. The van der Waals surface area contributed by atoms with Crippen LogP contribution in [0.3, 0.4) is 0 Å². The summed E-state index contributed by atoms with van der Waals surface area (Å²) in [6, 6.07) is 9.41. The fourth-order valence-electron chi connectivity index (χ4n) is 3.21. The highest BCUT2D eigenvalue weighted by atomic mass is 16.6. The highest BCUT2D eigenvalue weighted by Crippen LogP contribution is 2.37. The number of nitro benzene ring substituents is 1. The van der Waals surface area contributed by atoms with Crippen molar-refractivity contribution in [3.63, 3.8) is 0 Å². The molecule has 2 heterocycles. The summed E-state index contributed by atoms with van der Waals surface area (Å²) in [4.78, 5) is 18.9. The highest BCUT2D eigenvalue weighted by molar-refractivity contribution is 5.87. The fraction of sp³-hybridized carbons (Fsp3) is 0.300. The summed E-state index contributed by atoms with van der Waals surface area (Å²) in [7, 11) is 1.58. The first-order valence-electron chi connectivity index (χ1n) is 9.26. The molecule has 0 spiro atoms. The van der Waals surface area contributed by atoms with E-state index in [0.29, 0.717) is 34.0 Å². The second-order valence-corrected chi connectivity index (χ2v) is 6.62. The molecule has 0 amide bonds. The van der Waals surface area contributed by atoms with E-state index < -0.39 is 4.92 Å². The number of hydrogen-bond donors (Lipinski definition) is 1. The second-order valence-electron chi connectivity index (χ2n) is 6.62. The summed E-state index contributed by atoms with van der Waals surface area (Å²) in [6.45, 7) is 1.85. The summed E-state index contributed by atoms with van der Waals surface area (Å²) in [6.07, 6.45) is 3.39. The van der Waals surface area contributed by atoms with Crippen LogP contribution in [-0.4, -0.2) is 41.2 Å². The van der Waals surface area contributed by atoms with Gasteiger partial charge in [-0.3, -0.25) is 10.1 Å². The molecule has 0 unspecified atom stereocenters. The molecule has 0 saturated carbocycles. The van der Waals surface area contributed by atoms with Crippen molar-refractivity contribution in [3.8, 4) is 23.1 Å². The Balaban J connectivity index is 1.64. The molecule has 3 aromatic rings. The van der Waals surface area contributed by atoms with E-state index in [1.54, 1.807) is 13.2 Å². The number of benzene rings is 2. The van der Waals surface area contributed by atoms with Gasteiger partial charge in [0.2, 0.25) is 5.88 Å². The number of methoxy groups -OCH3 is 1. The molecule has 1 fully saturated rings. The summed E-state index contributed by atoms with van der Waals surface area (Å²) in [5.74, 6) is 1.96. The first-order chi connectivity index (χ1) is 14.1. The predicted octanol–water partition coefficient (Wildman–Crippen LogP) is 3.47. The van der Waals surface area contributed by atoms with Crippen LogP contribution in [0.25, 0.3) is 10.9 Å². The van der Waals surface area contributed by atoms with Gasteiger partial charge in [0.1, 0.15) is 18.2 Å². The Kier molecular flexibility index (Phi) is 5.39. The van der Waals surface area contributed by atoms with Gasteiger partial charge in [0.05, 0.1) is 22.9 Å². The zero-order chi connectivity index (χ0) is 20.2. The molecule has 1 aliphatic rings. The van der Waals surface area contributed by atoms with Crippen molar-refractivity contribution in [2.75, 3.05) is 20.2 Å². The Labute approximate surface area is 166 Å². The molecule has 1 aromatic heterocycles. The molecular formula is C20H20N4O5. The summed E-state index contributed by atoms with van der Waals surface area (Å²) < 4.78 is 17.5. The molecule has 2 aromatic carbocycles. The van der Waals surface area contributed by atoms with Crippen molar-refractivity contribution in [2.45, 2.75) is 18.9 Å². The van der Waals surface area contributed by atoms with Gasteiger partial charge in [-0.05, 0) is 44.1 Å². The van der Waals surface area contributed by atoms with Crippen molar-refractivity contribution >= 4 is 16.6 Å². The van der Waals surface area contributed by atoms with E-state index in [9.17, 15) is 10.1 Å². The number of aromatic nitrogens is 2. The molecule has 29 heavy (non-hydrogen) atoms. The van der Waals surface area contributed by atoms with Gasteiger partial charge >= 0.3 is 0 Å². The van der Waals surface area contributed by atoms with Gasteiger partial charge < -0.3 is 19.5 Å². The number of rotatable bonds is 6. The Hall–Kier alpha value is -3.46. The van der Waals surface area contributed by atoms with Crippen LogP contribution in [0.5, 0.6) is 23.1 Å². The average molecular weight is 396 g/mol. The highest BCUT2D eigenvalue weighted by Gasteiger charge is 2.19. The summed E-state index contributed by atoms with van der Waals surface area (Å²) in [5, 5.41) is 14.8. The Morgan fingerprint density at radius 1 is 1.10 bits per heavy atom. The molecule has 0 aliphatic carbocycles. The van der Waals surface area contributed by atoms with Crippen LogP contribution >= 0.6 is 0 Å². The molecular weight excluding hydrogens is 376 g/mol. The SMILES string of the molecule is COc1cc2c(Oc3ccc([N+](=O)[O-])cc3)ncnc2cc1OC1CCNCC1. The molecule has 0 radical (unpaired) electrons. The van der Waals surface area contributed by atoms with Crippen molar-refractivity contribution < 1.29 is 19.1 Å². The normalized spacial score (nSPS) is 14.5. The standard InChI is InChI=1S/C20H20N4O5/c1-27-18-10-16-17(11-19(18)28-15-6-8-21-9-7-15)22-12-23-20(16)29-14-4-2-13(3-5-14)24(25)26/h2-5,10-12,15,21H,6-9H2,1H3. The number of nitrogens with one attached hydrogen (secondary N) is 1. The van der Waals surface area contributed by atoms with Gasteiger partial charge in [-0.15, -0.1) is 0 Å². The predicted molar refractivity (Wildman–Crippen MR) is 106 cm³/mol. The van der Waals surface area contributed by atoms with Gasteiger partial charge in [-0.1, -0.05) is 0 Å². The van der Waals surface area contributed by atoms with Crippen molar-refractivity contribution in [2.24, 2.45) is 0 Å². The van der Waals surface area contributed by atoms with Crippen LogP contribution in [0.15, 0.2) is 42.7 Å². The minimum atomic E-state index is -0.460. The van der Waals surface area contributed by atoms with E-state index in [4.69, 9.17) is 14.2 Å². The van der Waals surface area contributed by atoms with Crippen LogP contribution < -0.4 is 19.5 Å². The minimum Gasteiger partial charge on any atom is -0.493 e. The average Bonchev–Trinajstić information content (AvgIpc) is 2.74. The second kappa shape index (κ2) is 8.27. The van der Waals surface area contributed by atoms with E-state index in [-0.39, 0.29) is 11.8 Å². The lowest BCUT2D eigenvalue weighted by Gasteiger charge is -2.24. The maximum atomic E-state index is 10.8.